The zero-order valence-electron chi connectivity index (χ0n) is 25.9. The molecule has 232 valence electrons. The standard InChI is InChI=1S/C32H36N10O3/c1-18-21-13-34-42(24(21)10-23(35-18)22-12-33-6-5-27(22)43-4)29-11-25-30(31(36-29)41-14-20-9-19(41)17-45-20)37-32(39(25)3)40-15-26-28(16-40)44-8-7-38(26)2/h5-6,10-13,19-20,26,28H,7-9,14-17H2,1-4H3/t19-,20-,26+,28-/m1/s1. The van der Waals surface area contributed by atoms with Gasteiger partial charge < -0.3 is 28.6 Å². The summed E-state index contributed by atoms with van der Waals surface area (Å²) in [6.07, 6.45) is 6.80. The Labute approximate surface area is 260 Å². The second-order valence-corrected chi connectivity index (χ2v) is 12.7. The predicted molar refractivity (Wildman–Crippen MR) is 169 cm³/mol. The van der Waals surface area contributed by atoms with E-state index in [0.29, 0.717) is 12.6 Å². The van der Waals surface area contributed by atoms with Crippen molar-refractivity contribution in [3.8, 4) is 22.8 Å². The van der Waals surface area contributed by atoms with E-state index in [0.717, 1.165) is 101 Å². The fourth-order valence-electron chi connectivity index (χ4n) is 7.67. The SMILES string of the molecule is COc1ccncc1-c1cc2c(cnn2-c2cc3c(nc(N4C[C@H]5OCCN(C)[C@H]5C4)n3C)c(N3C[C@H]4C[C@@H]3CO4)n2)c(C)n1. The summed E-state index contributed by atoms with van der Waals surface area (Å²) in [5.41, 5.74) is 5.31. The number of anilines is 2. The Morgan fingerprint density at radius 2 is 1.91 bits per heavy atom. The maximum Gasteiger partial charge on any atom is 0.206 e. The number of imidazole rings is 1. The van der Waals surface area contributed by atoms with E-state index in [2.05, 4.69) is 44.4 Å². The van der Waals surface area contributed by atoms with Gasteiger partial charge >= 0.3 is 0 Å². The smallest absolute Gasteiger partial charge is 0.206 e. The van der Waals surface area contributed by atoms with E-state index >= 15 is 0 Å². The van der Waals surface area contributed by atoms with Gasteiger partial charge in [0.25, 0.3) is 0 Å². The van der Waals surface area contributed by atoms with Crippen molar-refractivity contribution in [1.29, 1.82) is 0 Å². The molecule has 4 fully saturated rings. The van der Waals surface area contributed by atoms with Crippen molar-refractivity contribution in [3.63, 3.8) is 0 Å². The van der Waals surface area contributed by atoms with Crippen LogP contribution in [0.1, 0.15) is 12.1 Å². The number of aryl methyl sites for hydroxylation is 2. The molecule has 5 aromatic rings. The Bertz CT molecular complexity index is 1950. The van der Waals surface area contributed by atoms with Crippen LogP contribution in [0, 0.1) is 6.92 Å². The van der Waals surface area contributed by atoms with Crippen LogP contribution in [-0.4, -0.2) is 117 Å². The van der Waals surface area contributed by atoms with Gasteiger partial charge in [-0.2, -0.15) is 5.10 Å². The number of likely N-dealkylation sites (N-methyl/N-ethyl adjacent to an activating group) is 1. The number of pyridine rings is 3. The highest BCUT2D eigenvalue weighted by atomic mass is 16.5. The lowest BCUT2D eigenvalue weighted by Gasteiger charge is -2.33. The summed E-state index contributed by atoms with van der Waals surface area (Å²) in [4.78, 5) is 27.0. The molecule has 4 aliphatic rings. The zero-order valence-corrected chi connectivity index (χ0v) is 25.9. The molecule has 4 saturated heterocycles. The van der Waals surface area contributed by atoms with Gasteiger partial charge in [0, 0.05) is 62.8 Å². The van der Waals surface area contributed by atoms with Crippen molar-refractivity contribution < 1.29 is 14.2 Å². The molecule has 0 aliphatic carbocycles. The van der Waals surface area contributed by atoms with Gasteiger partial charge in [0.15, 0.2) is 11.6 Å². The molecule has 4 aliphatic heterocycles. The third-order valence-electron chi connectivity index (χ3n) is 10.1. The number of morpholine rings is 2. The van der Waals surface area contributed by atoms with Crippen LogP contribution in [0.15, 0.2) is 36.8 Å². The van der Waals surface area contributed by atoms with Gasteiger partial charge in [-0.05, 0) is 32.5 Å². The summed E-state index contributed by atoms with van der Waals surface area (Å²) in [6.45, 7) is 6.95. The second-order valence-electron chi connectivity index (χ2n) is 12.7. The van der Waals surface area contributed by atoms with Crippen LogP contribution in [0.3, 0.4) is 0 Å². The zero-order chi connectivity index (χ0) is 30.4. The van der Waals surface area contributed by atoms with Gasteiger partial charge in [0.05, 0.1) is 73.1 Å². The highest BCUT2D eigenvalue weighted by molar-refractivity contribution is 5.92. The van der Waals surface area contributed by atoms with Crippen molar-refractivity contribution in [3.05, 3.63) is 42.5 Å². The van der Waals surface area contributed by atoms with Crippen molar-refractivity contribution in [2.75, 3.05) is 63.4 Å². The summed E-state index contributed by atoms with van der Waals surface area (Å²) in [5, 5.41) is 5.83. The second kappa shape index (κ2) is 10.1. The number of aromatic nitrogens is 7. The maximum absolute atomic E-state index is 6.17. The highest BCUT2D eigenvalue weighted by Gasteiger charge is 2.42. The van der Waals surface area contributed by atoms with Crippen LogP contribution in [0.4, 0.5) is 11.8 Å². The maximum atomic E-state index is 6.17. The molecule has 0 amide bonds. The Morgan fingerprint density at radius 3 is 2.71 bits per heavy atom. The van der Waals surface area contributed by atoms with Gasteiger partial charge in [-0.25, -0.2) is 14.6 Å². The largest absolute Gasteiger partial charge is 0.496 e. The average Bonchev–Trinajstić information content (AvgIpc) is 3.89. The third-order valence-corrected chi connectivity index (χ3v) is 10.1. The van der Waals surface area contributed by atoms with E-state index in [1.165, 1.54) is 0 Å². The summed E-state index contributed by atoms with van der Waals surface area (Å²) in [7, 11) is 5.96. The van der Waals surface area contributed by atoms with E-state index in [-0.39, 0.29) is 18.2 Å². The number of methoxy groups -OCH3 is 1. The lowest BCUT2D eigenvalue weighted by atomic mass is 10.1. The monoisotopic (exact) mass is 608 g/mol. The van der Waals surface area contributed by atoms with Gasteiger partial charge in [-0.15, -0.1) is 0 Å². The van der Waals surface area contributed by atoms with Crippen molar-refractivity contribution in [2.24, 2.45) is 7.05 Å². The topological polar surface area (TPSA) is 112 Å². The lowest BCUT2D eigenvalue weighted by molar-refractivity contribution is -0.0362. The minimum Gasteiger partial charge on any atom is -0.496 e. The van der Waals surface area contributed by atoms with Crippen LogP contribution in [0.5, 0.6) is 5.75 Å². The molecular formula is C32H36N10O3. The Morgan fingerprint density at radius 1 is 1.00 bits per heavy atom. The molecule has 4 atom stereocenters. The number of hydrogen-bond donors (Lipinski definition) is 0. The molecule has 45 heavy (non-hydrogen) atoms. The summed E-state index contributed by atoms with van der Waals surface area (Å²) >= 11 is 0. The number of ether oxygens (including phenoxy) is 3. The summed E-state index contributed by atoms with van der Waals surface area (Å²) in [6, 6.07) is 6.65. The van der Waals surface area contributed by atoms with E-state index < -0.39 is 0 Å². The van der Waals surface area contributed by atoms with E-state index in [1.54, 1.807) is 19.5 Å². The van der Waals surface area contributed by atoms with Gasteiger partial charge in [0.2, 0.25) is 5.95 Å². The molecule has 0 unspecified atom stereocenters. The number of hydrogen-bond acceptors (Lipinski definition) is 11. The summed E-state index contributed by atoms with van der Waals surface area (Å²) in [5.74, 6) is 3.28. The molecule has 0 N–H and O–H groups in total. The number of rotatable bonds is 5. The summed E-state index contributed by atoms with van der Waals surface area (Å²) < 4.78 is 21.9. The van der Waals surface area contributed by atoms with E-state index in [1.807, 2.05) is 29.9 Å². The highest BCUT2D eigenvalue weighted by Crippen LogP contribution is 2.39. The fourth-order valence-corrected chi connectivity index (χ4v) is 7.67. The first-order valence-corrected chi connectivity index (χ1v) is 15.6. The van der Waals surface area contributed by atoms with Crippen molar-refractivity contribution in [2.45, 2.75) is 37.6 Å². The van der Waals surface area contributed by atoms with Gasteiger partial charge in [-0.3, -0.25) is 14.9 Å². The van der Waals surface area contributed by atoms with Crippen molar-refractivity contribution >= 4 is 33.7 Å². The Kier molecular flexibility index (Phi) is 6.06. The minimum atomic E-state index is 0.183. The van der Waals surface area contributed by atoms with Crippen molar-refractivity contribution in [1.82, 2.24) is 39.2 Å². The molecule has 2 bridgehead atoms. The Hall–Kier alpha value is -4.33. The first kappa shape index (κ1) is 27.0. The van der Waals surface area contributed by atoms with Crippen LogP contribution >= 0.6 is 0 Å². The number of fused-ring (bicyclic) bond motifs is 5. The molecule has 0 radical (unpaired) electrons. The molecule has 5 aromatic heterocycles. The minimum absolute atomic E-state index is 0.183. The number of nitrogens with zero attached hydrogens (tertiary/aromatic N) is 10. The van der Waals surface area contributed by atoms with Crippen LogP contribution in [0.2, 0.25) is 0 Å². The quantitative estimate of drug-likeness (QED) is 0.294. The van der Waals surface area contributed by atoms with E-state index in [9.17, 15) is 0 Å². The lowest BCUT2D eigenvalue weighted by Crippen LogP contribution is -2.48. The first-order chi connectivity index (χ1) is 22.0. The van der Waals surface area contributed by atoms with Crippen LogP contribution in [0.25, 0.3) is 39.0 Å². The molecule has 0 aromatic carbocycles. The van der Waals surface area contributed by atoms with E-state index in [4.69, 9.17) is 34.3 Å². The first-order valence-electron chi connectivity index (χ1n) is 15.6. The van der Waals surface area contributed by atoms with Crippen LogP contribution in [-0.2, 0) is 16.5 Å². The molecule has 13 heteroatoms. The van der Waals surface area contributed by atoms with Gasteiger partial charge in [0.1, 0.15) is 11.3 Å². The van der Waals surface area contributed by atoms with Crippen LogP contribution < -0.4 is 14.5 Å². The predicted octanol–water partition coefficient (Wildman–Crippen LogP) is 2.58. The molecule has 0 saturated carbocycles. The van der Waals surface area contributed by atoms with Gasteiger partial charge in [-0.1, -0.05) is 0 Å². The molecular weight excluding hydrogens is 572 g/mol. The Balaban J connectivity index is 1.20. The molecule has 9 heterocycles. The third kappa shape index (κ3) is 4.14. The molecule has 13 nitrogen and oxygen atoms in total. The average molecular weight is 609 g/mol. The fraction of sp³-hybridized carbons (Fsp3) is 0.469. The molecule has 9 rings (SSSR count). The normalized spacial score (nSPS) is 24.8. The molecule has 0 spiro atoms.